The van der Waals surface area contributed by atoms with E-state index >= 15 is 0 Å². The maximum absolute atomic E-state index is 11.5. The Morgan fingerprint density at radius 2 is 2.12 bits per heavy atom. The summed E-state index contributed by atoms with van der Waals surface area (Å²) in [5, 5.41) is 0. The molecule has 1 heterocycles. The van der Waals surface area contributed by atoms with Gasteiger partial charge in [0.15, 0.2) is 5.69 Å². The second-order valence-electron chi connectivity index (χ2n) is 5.02. The van der Waals surface area contributed by atoms with E-state index in [9.17, 15) is 4.79 Å². The minimum atomic E-state index is -0.355. The average molecular weight is 232 g/mol. The quantitative estimate of drug-likeness (QED) is 0.746. The molecule has 2 fully saturated rings. The topological polar surface area (TPSA) is 52.1 Å². The number of rotatable bonds is 4. The summed E-state index contributed by atoms with van der Waals surface area (Å²) in [5.74, 6) is 1.72. The molecule has 2 saturated carbocycles. The maximum Gasteiger partial charge on any atom is 0.356 e. The second-order valence-corrected chi connectivity index (χ2v) is 5.02. The molecule has 0 radical (unpaired) electrons. The summed E-state index contributed by atoms with van der Waals surface area (Å²) < 4.78 is 4.74. The Morgan fingerprint density at radius 1 is 1.35 bits per heavy atom. The molecular formula is C13H16N2O2. The first kappa shape index (κ1) is 10.7. The van der Waals surface area contributed by atoms with E-state index in [1.54, 1.807) is 6.07 Å². The predicted molar refractivity (Wildman–Crippen MR) is 61.8 cm³/mol. The molecule has 0 aromatic carbocycles. The third kappa shape index (κ3) is 2.46. The van der Waals surface area contributed by atoms with Crippen molar-refractivity contribution in [3.05, 3.63) is 23.3 Å². The van der Waals surface area contributed by atoms with Crippen molar-refractivity contribution < 1.29 is 9.53 Å². The van der Waals surface area contributed by atoms with E-state index in [0.717, 1.165) is 36.7 Å². The molecular weight excluding hydrogens is 216 g/mol. The SMILES string of the molecule is COC(=O)c1cc(CC2CC2)nc(C2CC2)n1. The molecule has 0 unspecified atom stereocenters. The van der Waals surface area contributed by atoms with Crippen molar-refractivity contribution in [1.29, 1.82) is 0 Å². The van der Waals surface area contributed by atoms with Crippen LogP contribution in [0.5, 0.6) is 0 Å². The van der Waals surface area contributed by atoms with Crippen LogP contribution in [0.3, 0.4) is 0 Å². The van der Waals surface area contributed by atoms with Crippen LogP contribution in [0.25, 0.3) is 0 Å². The van der Waals surface area contributed by atoms with Gasteiger partial charge in [0.2, 0.25) is 0 Å². The fourth-order valence-electron chi connectivity index (χ4n) is 1.97. The number of aromatic nitrogens is 2. The van der Waals surface area contributed by atoms with Gasteiger partial charge in [0.1, 0.15) is 5.82 Å². The highest BCUT2D eigenvalue weighted by molar-refractivity contribution is 5.87. The number of carbonyl (C=O) groups is 1. The third-order valence-electron chi connectivity index (χ3n) is 3.33. The fourth-order valence-corrected chi connectivity index (χ4v) is 1.97. The van der Waals surface area contributed by atoms with Crippen molar-refractivity contribution in [1.82, 2.24) is 9.97 Å². The summed E-state index contributed by atoms with van der Waals surface area (Å²) in [4.78, 5) is 20.4. The zero-order chi connectivity index (χ0) is 11.8. The predicted octanol–water partition coefficient (Wildman–Crippen LogP) is 2.09. The summed E-state index contributed by atoms with van der Waals surface area (Å²) in [5.41, 5.74) is 1.42. The van der Waals surface area contributed by atoms with Gasteiger partial charge in [-0.05, 0) is 44.1 Å². The molecule has 0 amide bonds. The Labute approximate surface area is 100 Å². The maximum atomic E-state index is 11.5. The second kappa shape index (κ2) is 4.09. The number of nitrogens with zero attached hydrogens (tertiary/aromatic N) is 2. The minimum Gasteiger partial charge on any atom is -0.464 e. The van der Waals surface area contributed by atoms with Crippen molar-refractivity contribution in [2.24, 2.45) is 5.92 Å². The number of carbonyl (C=O) groups excluding carboxylic acids is 1. The molecule has 0 N–H and O–H groups in total. The first-order valence-electron chi connectivity index (χ1n) is 6.22. The van der Waals surface area contributed by atoms with Gasteiger partial charge in [-0.15, -0.1) is 0 Å². The summed E-state index contributed by atoms with van der Waals surface area (Å²) >= 11 is 0. The van der Waals surface area contributed by atoms with Crippen LogP contribution in [-0.4, -0.2) is 23.0 Å². The molecule has 2 aliphatic rings. The van der Waals surface area contributed by atoms with Gasteiger partial charge in [-0.2, -0.15) is 0 Å². The number of hydrogen-bond acceptors (Lipinski definition) is 4. The van der Waals surface area contributed by atoms with Crippen molar-refractivity contribution in [3.8, 4) is 0 Å². The van der Waals surface area contributed by atoms with Gasteiger partial charge < -0.3 is 4.74 Å². The van der Waals surface area contributed by atoms with Gasteiger partial charge in [-0.3, -0.25) is 0 Å². The van der Waals surface area contributed by atoms with E-state index in [1.165, 1.54) is 20.0 Å². The first-order valence-corrected chi connectivity index (χ1v) is 6.22. The molecule has 1 aromatic heterocycles. The Morgan fingerprint density at radius 3 is 2.71 bits per heavy atom. The molecule has 0 spiro atoms. The molecule has 90 valence electrons. The minimum absolute atomic E-state index is 0.355. The summed E-state index contributed by atoms with van der Waals surface area (Å²) in [6.45, 7) is 0. The van der Waals surface area contributed by atoms with Gasteiger partial charge in [0.25, 0.3) is 0 Å². The van der Waals surface area contributed by atoms with E-state index in [-0.39, 0.29) is 5.97 Å². The van der Waals surface area contributed by atoms with Crippen LogP contribution in [0.15, 0.2) is 6.07 Å². The number of methoxy groups -OCH3 is 1. The normalized spacial score (nSPS) is 19.1. The lowest BCUT2D eigenvalue weighted by Crippen LogP contribution is -2.10. The molecule has 4 heteroatoms. The van der Waals surface area contributed by atoms with E-state index in [1.807, 2.05) is 0 Å². The largest absolute Gasteiger partial charge is 0.464 e. The Bertz CT molecular complexity index is 451. The lowest BCUT2D eigenvalue weighted by atomic mass is 10.2. The third-order valence-corrected chi connectivity index (χ3v) is 3.33. The zero-order valence-corrected chi connectivity index (χ0v) is 9.98. The van der Waals surface area contributed by atoms with Gasteiger partial charge >= 0.3 is 5.97 Å². The molecule has 0 aliphatic heterocycles. The molecule has 3 rings (SSSR count). The van der Waals surface area contributed by atoms with Gasteiger partial charge in [0, 0.05) is 11.6 Å². The average Bonchev–Trinajstić information content (AvgIpc) is 3.19. The summed E-state index contributed by atoms with van der Waals surface area (Å²) in [7, 11) is 1.39. The fraction of sp³-hybridized carbons (Fsp3) is 0.615. The highest BCUT2D eigenvalue weighted by atomic mass is 16.5. The van der Waals surface area contributed by atoms with Crippen LogP contribution in [0.1, 0.15) is 53.6 Å². The van der Waals surface area contributed by atoms with Crippen LogP contribution in [-0.2, 0) is 11.2 Å². The van der Waals surface area contributed by atoms with Crippen LogP contribution < -0.4 is 0 Å². The monoisotopic (exact) mass is 232 g/mol. The van der Waals surface area contributed by atoms with Crippen molar-refractivity contribution in [2.75, 3.05) is 7.11 Å². The van der Waals surface area contributed by atoms with Crippen LogP contribution in [0.2, 0.25) is 0 Å². The summed E-state index contributed by atoms with van der Waals surface area (Å²) in [6, 6.07) is 1.79. The number of esters is 1. The van der Waals surface area contributed by atoms with Gasteiger partial charge in [0.05, 0.1) is 7.11 Å². The standard InChI is InChI=1S/C13H16N2O2/c1-17-13(16)11-7-10(6-8-2-3-8)14-12(15-11)9-4-5-9/h7-9H,2-6H2,1H3. The molecule has 0 bridgehead atoms. The smallest absolute Gasteiger partial charge is 0.356 e. The number of ether oxygens (including phenoxy) is 1. The number of hydrogen-bond donors (Lipinski definition) is 0. The van der Waals surface area contributed by atoms with E-state index < -0.39 is 0 Å². The zero-order valence-electron chi connectivity index (χ0n) is 9.98. The van der Waals surface area contributed by atoms with Gasteiger partial charge in [-0.25, -0.2) is 14.8 Å². The van der Waals surface area contributed by atoms with E-state index in [0.29, 0.717) is 11.6 Å². The van der Waals surface area contributed by atoms with Crippen molar-refractivity contribution in [3.63, 3.8) is 0 Å². The molecule has 17 heavy (non-hydrogen) atoms. The highest BCUT2D eigenvalue weighted by Crippen LogP contribution is 2.39. The van der Waals surface area contributed by atoms with Crippen LogP contribution in [0, 0.1) is 5.92 Å². The Kier molecular flexibility index (Phi) is 2.57. The molecule has 0 saturated heterocycles. The lowest BCUT2D eigenvalue weighted by Gasteiger charge is -2.06. The van der Waals surface area contributed by atoms with E-state index in [2.05, 4.69) is 9.97 Å². The van der Waals surface area contributed by atoms with Crippen molar-refractivity contribution in [2.45, 2.75) is 38.0 Å². The molecule has 1 aromatic rings. The Balaban J connectivity index is 1.90. The molecule has 2 aliphatic carbocycles. The van der Waals surface area contributed by atoms with Gasteiger partial charge in [-0.1, -0.05) is 0 Å². The van der Waals surface area contributed by atoms with E-state index in [4.69, 9.17) is 4.74 Å². The van der Waals surface area contributed by atoms with Crippen LogP contribution in [0.4, 0.5) is 0 Å². The molecule has 0 atom stereocenters. The first-order chi connectivity index (χ1) is 8.26. The highest BCUT2D eigenvalue weighted by Gasteiger charge is 2.29. The summed E-state index contributed by atoms with van der Waals surface area (Å²) in [6.07, 6.45) is 5.85. The lowest BCUT2D eigenvalue weighted by molar-refractivity contribution is 0.0593. The Hall–Kier alpha value is -1.45. The van der Waals surface area contributed by atoms with Crippen molar-refractivity contribution >= 4 is 5.97 Å². The molecule has 4 nitrogen and oxygen atoms in total. The van der Waals surface area contributed by atoms with Crippen LogP contribution >= 0.6 is 0 Å².